The lowest BCUT2D eigenvalue weighted by Crippen LogP contribution is -1.96. The summed E-state index contributed by atoms with van der Waals surface area (Å²) in [7, 11) is 0. The molecule has 4 heteroatoms. The Balaban J connectivity index is 1.85. The second-order valence-corrected chi connectivity index (χ2v) is 4.41. The van der Waals surface area contributed by atoms with Crippen molar-refractivity contribution in [2.45, 2.75) is 6.61 Å². The van der Waals surface area contributed by atoms with E-state index in [2.05, 4.69) is 11.2 Å². The highest BCUT2D eigenvalue weighted by Crippen LogP contribution is 2.24. The van der Waals surface area contributed by atoms with Gasteiger partial charge in [0.15, 0.2) is 0 Å². The van der Waals surface area contributed by atoms with E-state index in [0.29, 0.717) is 17.7 Å². The van der Waals surface area contributed by atoms with Crippen molar-refractivity contribution in [1.82, 2.24) is 4.98 Å². The molecule has 2 N–H and O–H groups in total. The molecule has 3 rings (SSSR count). The maximum atomic E-state index is 11.1. The molecular weight excluding hydrogens is 254 g/mol. The maximum Gasteiger partial charge on any atom is 0.338 e. The van der Waals surface area contributed by atoms with Crippen LogP contribution in [-0.4, -0.2) is 16.1 Å². The molecule has 1 radical (unpaired) electrons. The van der Waals surface area contributed by atoms with Crippen molar-refractivity contribution in [3.8, 4) is 5.75 Å². The van der Waals surface area contributed by atoms with E-state index < -0.39 is 5.97 Å². The molecular formula is C16H12NO3. The summed E-state index contributed by atoms with van der Waals surface area (Å²) in [6.07, 6.45) is 2.63. The number of carbonyl (C=O) groups is 1. The Morgan fingerprint density at radius 3 is 2.75 bits per heavy atom. The molecule has 0 fully saturated rings. The Kier molecular flexibility index (Phi) is 3.13. The minimum atomic E-state index is -1.00. The van der Waals surface area contributed by atoms with Crippen LogP contribution in [-0.2, 0) is 6.61 Å². The number of fused-ring (bicyclic) bond motifs is 1. The first-order valence-electron chi connectivity index (χ1n) is 6.17. The van der Waals surface area contributed by atoms with E-state index in [4.69, 9.17) is 9.84 Å². The highest BCUT2D eigenvalue weighted by Gasteiger charge is 2.11. The molecule has 0 atom stereocenters. The lowest BCUT2D eigenvalue weighted by molar-refractivity contribution is 0.0698. The Morgan fingerprint density at radius 2 is 2.00 bits per heavy atom. The van der Waals surface area contributed by atoms with Crippen LogP contribution < -0.4 is 4.74 Å². The van der Waals surface area contributed by atoms with Gasteiger partial charge in [-0.05, 0) is 23.8 Å². The van der Waals surface area contributed by atoms with Crippen molar-refractivity contribution < 1.29 is 14.6 Å². The number of aromatic carboxylic acids is 1. The third-order valence-corrected chi connectivity index (χ3v) is 3.04. The normalized spacial score (nSPS) is 10.6. The predicted octanol–water partition coefficient (Wildman–Crippen LogP) is 3.25. The van der Waals surface area contributed by atoms with Crippen molar-refractivity contribution in [1.29, 1.82) is 0 Å². The van der Waals surface area contributed by atoms with Gasteiger partial charge in [-0.15, -0.1) is 0 Å². The number of rotatable bonds is 4. The smallest absolute Gasteiger partial charge is 0.338 e. The first kappa shape index (κ1) is 12.3. The molecule has 0 spiro atoms. The van der Waals surface area contributed by atoms with E-state index in [1.807, 2.05) is 30.3 Å². The molecule has 1 aromatic heterocycles. The van der Waals surface area contributed by atoms with Gasteiger partial charge in [0.05, 0.1) is 11.8 Å². The zero-order chi connectivity index (χ0) is 13.9. The van der Waals surface area contributed by atoms with Gasteiger partial charge in [0.1, 0.15) is 12.4 Å². The Morgan fingerprint density at radius 1 is 1.20 bits per heavy atom. The van der Waals surface area contributed by atoms with Crippen LogP contribution in [0.5, 0.6) is 5.75 Å². The summed E-state index contributed by atoms with van der Waals surface area (Å²) in [6.45, 7) is 0.447. The zero-order valence-corrected chi connectivity index (χ0v) is 10.6. The fraction of sp³-hybridized carbons (Fsp3) is 0.0625. The fourth-order valence-electron chi connectivity index (χ4n) is 2.04. The fourth-order valence-corrected chi connectivity index (χ4v) is 2.04. The molecule has 2 aromatic carbocycles. The number of H-pyrrole nitrogens is 1. The van der Waals surface area contributed by atoms with Gasteiger partial charge in [-0.25, -0.2) is 4.79 Å². The van der Waals surface area contributed by atoms with Crippen LogP contribution in [0.4, 0.5) is 0 Å². The van der Waals surface area contributed by atoms with E-state index >= 15 is 0 Å². The third-order valence-electron chi connectivity index (χ3n) is 3.04. The number of carboxylic acids is 1. The maximum absolute atomic E-state index is 11.1. The topological polar surface area (TPSA) is 62.3 Å². The SMILES string of the molecule is O=C(O)c1[c][nH]c2ccc(OCc3ccccc3)cc12. The number of aromatic amines is 1. The molecule has 0 aliphatic carbocycles. The summed E-state index contributed by atoms with van der Waals surface area (Å²) >= 11 is 0. The highest BCUT2D eigenvalue weighted by molar-refractivity contribution is 6.03. The quantitative estimate of drug-likeness (QED) is 0.762. The van der Waals surface area contributed by atoms with Gasteiger partial charge in [0, 0.05) is 10.9 Å². The second kappa shape index (κ2) is 5.09. The minimum Gasteiger partial charge on any atom is -0.489 e. The van der Waals surface area contributed by atoms with E-state index in [9.17, 15) is 4.79 Å². The number of carboxylic acid groups (broad SMARTS) is 1. The van der Waals surface area contributed by atoms with Crippen LogP contribution in [0, 0.1) is 6.20 Å². The third kappa shape index (κ3) is 2.36. The Hall–Kier alpha value is -2.75. The van der Waals surface area contributed by atoms with Gasteiger partial charge in [-0.3, -0.25) is 0 Å². The van der Waals surface area contributed by atoms with E-state index in [1.165, 1.54) is 0 Å². The monoisotopic (exact) mass is 266 g/mol. The number of benzene rings is 2. The lowest BCUT2D eigenvalue weighted by atomic mass is 10.1. The van der Waals surface area contributed by atoms with Gasteiger partial charge in [0.25, 0.3) is 0 Å². The summed E-state index contributed by atoms with van der Waals surface area (Å²) in [5, 5.41) is 9.68. The molecule has 0 amide bonds. The first-order chi connectivity index (χ1) is 9.74. The minimum absolute atomic E-state index is 0.130. The average Bonchev–Trinajstić information content (AvgIpc) is 2.89. The largest absolute Gasteiger partial charge is 0.489 e. The van der Waals surface area contributed by atoms with Crippen molar-refractivity contribution in [3.05, 3.63) is 65.9 Å². The number of nitrogens with one attached hydrogen (secondary N) is 1. The van der Waals surface area contributed by atoms with Crippen LogP contribution in [0.3, 0.4) is 0 Å². The molecule has 0 saturated carbocycles. The van der Waals surface area contributed by atoms with E-state index in [1.54, 1.807) is 18.2 Å². The van der Waals surface area contributed by atoms with E-state index in [0.717, 1.165) is 11.1 Å². The van der Waals surface area contributed by atoms with Crippen LogP contribution in [0.25, 0.3) is 10.9 Å². The van der Waals surface area contributed by atoms with Crippen LogP contribution in [0.15, 0.2) is 48.5 Å². The molecule has 3 aromatic rings. The van der Waals surface area contributed by atoms with Crippen molar-refractivity contribution in [3.63, 3.8) is 0 Å². The summed E-state index contributed by atoms with van der Waals surface area (Å²) < 4.78 is 5.68. The summed E-state index contributed by atoms with van der Waals surface area (Å²) in [6, 6.07) is 15.1. The highest BCUT2D eigenvalue weighted by atomic mass is 16.5. The Bertz CT molecular complexity index is 747. The van der Waals surface area contributed by atoms with Crippen molar-refractivity contribution in [2.75, 3.05) is 0 Å². The second-order valence-electron chi connectivity index (χ2n) is 4.41. The molecule has 20 heavy (non-hydrogen) atoms. The molecule has 4 nitrogen and oxygen atoms in total. The first-order valence-corrected chi connectivity index (χ1v) is 6.17. The summed E-state index contributed by atoms with van der Waals surface area (Å²) in [5.74, 6) is -0.367. The van der Waals surface area contributed by atoms with Crippen LogP contribution in [0.2, 0.25) is 0 Å². The van der Waals surface area contributed by atoms with Crippen molar-refractivity contribution >= 4 is 16.9 Å². The molecule has 0 aliphatic heterocycles. The van der Waals surface area contributed by atoms with Crippen LogP contribution in [0.1, 0.15) is 15.9 Å². The van der Waals surface area contributed by atoms with Crippen molar-refractivity contribution in [2.24, 2.45) is 0 Å². The van der Waals surface area contributed by atoms with Gasteiger partial charge < -0.3 is 14.8 Å². The number of ether oxygens (including phenoxy) is 1. The lowest BCUT2D eigenvalue weighted by Gasteiger charge is -2.06. The molecule has 0 bridgehead atoms. The number of hydrogen-bond acceptors (Lipinski definition) is 2. The molecule has 99 valence electrons. The number of aromatic nitrogens is 1. The molecule has 0 aliphatic rings. The average molecular weight is 266 g/mol. The summed E-state index contributed by atoms with van der Waals surface area (Å²) in [4.78, 5) is 13.9. The Labute approximate surface area is 115 Å². The molecule has 0 saturated heterocycles. The standard InChI is InChI=1S/C16H12NO3/c18-16(19)14-9-17-15-7-6-12(8-13(14)15)20-10-11-4-2-1-3-5-11/h1-8,17H,10H2,(H,18,19). The molecule has 0 unspecified atom stereocenters. The molecule has 1 heterocycles. The summed E-state index contributed by atoms with van der Waals surface area (Å²) in [5.41, 5.74) is 1.92. The van der Waals surface area contributed by atoms with Gasteiger partial charge in [-0.1, -0.05) is 30.3 Å². The zero-order valence-electron chi connectivity index (χ0n) is 10.6. The van der Waals surface area contributed by atoms with Gasteiger partial charge in [-0.2, -0.15) is 0 Å². The van der Waals surface area contributed by atoms with Gasteiger partial charge >= 0.3 is 5.97 Å². The van der Waals surface area contributed by atoms with Gasteiger partial charge in [0.2, 0.25) is 0 Å². The van der Waals surface area contributed by atoms with Crippen LogP contribution >= 0.6 is 0 Å². The van der Waals surface area contributed by atoms with E-state index in [-0.39, 0.29) is 5.56 Å². The predicted molar refractivity (Wildman–Crippen MR) is 74.9 cm³/mol. The number of hydrogen-bond donors (Lipinski definition) is 2.